The van der Waals surface area contributed by atoms with Gasteiger partial charge in [-0.05, 0) is 41.5 Å². The lowest BCUT2D eigenvalue weighted by molar-refractivity contribution is 0.168. The van der Waals surface area contributed by atoms with E-state index in [-0.39, 0.29) is 0 Å². The third-order valence-corrected chi connectivity index (χ3v) is 2.67. The zero-order chi connectivity index (χ0) is 8.55. The Hall–Kier alpha value is -0.350. The lowest BCUT2D eigenvalue weighted by atomic mass is 10.2. The summed E-state index contributed by atoms with van der Waals surface area (Å²) in [6, 6.07) is 2.08. The lowest BCUT2D eigenvalue weighted by Crippen LogP contribution is -2.36. The largest absolute Gasteiger partial charge is 0.297 e. The van der Waals surface area contributed by atoms with Crippen LogP contribution >= 0.6 is 15.9 Å². The maximum atomic E-state index is 4.23. The monoisotopic (exact) mass is 229 g/mol. The van der Waals surface area contributed by atoms with Crippen LogP contribution in [0.5, 0.6) is 0 Å². The van der Waals surface area contributed by atoms with E-state index in [0.29, 0.717) is 0 Å². The zero-order valence-electron chi connectivity index (χ0n) is 7.13. The van der Waals surface area contributed by atoms with Crippen molar-refractivity contribution in [2.45, 2.75) is 13.0 Å². The molecule has 3 nitrogen and oxygen atoms in total. The average Bonchev–Trinajstić information content (AvgIpc) is 2.21. The number of hydrogen-bond donors (Lipinski definition) is 0. The van der Waals surface area contributed by atoms with Crippen molar-refractivity contribution in [3.63, 3.8) is 0 Å². The van der Waals surface area contributed by atoms with Gasteiger partial charge in [0, 0.05) is 13.6 Å². The maximum absolute atomic E-state index is 4.23. The highest BCUT2D eigenvalue weighted by molar-refractivity contribution is 9.10. The predicted molar refractivity (Wildman–Crippen MR) is 50.8 cm³/mol. The number of halogens is 1. The highest BCUT2D eigenvalue weighted by Crippen LogP contribution is 2.15. The van der Waals surface area contributed by atoms with Crippen LogP contribution in [0.3, 0.4) is 0 Å². The standard InChI is InChI=1S/C8H12BrN3/c1-11-7(5-8(9)10-11)6-12-3-2-4-12/h5H,2-4,6H2,1H3. The Morgan fingerprint density at radius 1 is 1.58 bits per heavy atom. The fourth-order valence-corrected chi connectivity index (χ4v) is 1.89. The summed E-state index contributed by atoms with van der Waals surface area (Å²) in [4.78, 5) is 2.42. The summed E-state index contributed by atoms with van der Waals surface area (Å²) in [7, 11) is 1.99. The average molecular weight is 230 g/mol. The van der Waals surface area contributed by atoms with Crippen molar-refractivity contribution in [1.29, 1.82) is 0 Å². The Balaban J connectivity index is 2.05. The molecular formula is C8H12BrN3. The molecule has 2 heterocycles. The number of hydrogen-bond acceptors (Lipinski definition) is 2. The van der Waals surface area contributed by atoms with Gasteiger partial charge >= 0.3 is 0 Å². The van der Waals surface area contributed by atoms with Crippen LogP contribution in [0.15, 0.2) is 10.7 Å². The molecule has 0 aromatic carbocycles. The van der Waals surface area contributed by atoms with Crippen molar-refractivity contribution in [2.24, 2.45) is 7.05 Å². The molecule has 0 aliphatic carbocycles. The topological polar surface area (TPSA) is 21.1 Å². The fourth-order valence-electron chi connectivity index (χ4n) is 1.38. The number of rotatable bonds is 2. The van der Waals surface area contributed by atoms with Crippen molar-refractivity contribution in [3.8, 4) is 0 Å². The highest BCUT2D eigenvalue weighted by Gasteiger charge is 2.15. The number of aryl methyl sites for hydroxylation is 1. The molecule has 4 heteroatoms. The van der Waals surface area contributed by atoms with Crippen molar-refractivity contribution >= 4 is 15.9 Å². The SMILES string of the molecule is Cn1nc(Br)cc1CN1CCC1. The predicted octanol–water partition coefficient (Wildman–Crippen LogP) is 1.39. The van der Waals surface area contributed by atoms with Crippen molar-refractivity contribution in [3.05, 3.63) is 16.4 Å². The fraction of sp³-hybridized carbons (Fsp3) is 0.625. The van der Waals surface area contributed by atoms with Gasteiger partial charge in [-0.15, -0.1) is 0 Å². The van der Waals surface area contributed by atoms with E-state index in [0.717, 1.165) is 11.1 Å². The van der Waals surface area contributed by atoms with E-state index in [4.69, 9.17) is 0 Å². The summed E-state index contributed by atoms with van der Waals surface area (Å²) in [6.45, 7) is 3.51. The van der Waals surface area contributed by atoms with Crippen LogP contribution < -0.4 is 0 Å². The number of nitrogens with zero attached hydrogens (tertiary/aromatic N) is 3. The van der Waals surface area contributed by atoms with Gasteiger partial charge < -0.3 is 0 Å². The van der Waals surface area contributed by atoms with Gasteiger partial charge in [0.25, 0.3) is 0 Å². The third-order valence-electron chi connectivity index (χ3n) is 2.28. The quantitative estimate of drug-likeness (QED) is 0.765. The molecule has 12 heavy (non-hydrogen) atoms. The van der Waals surface area contributed by atoms with Crippen LogP contribution in [0, 0.1) is 0 Å². The minimum Gasteiger partial charge on any atom is -0.297 e. The van der Waals surface area contributed by atoms with Crippen LogP contribution in [0.1, 0.15) is 12.1 Å². The summed E-state index contributed by atoms with van der Waals surface area (Å²) in [5.74, 6) is 0. The molecule has 1 fully saturated rings. The van der Waals surface area contributed by atoms with Crippen molar-refractivity contribution < 1.29 is 0 Å². The zero-order valence-corrected chi connectivity index (χ0v) is 8.71. The van der Waals surface area contributed by atoms with Crippen LogP contribution in [0.2, 0.25) is 0 Å². The molecule has 0 N–H and O–H groups in total. The van der Waals surface area contributed by atoms with Crippen LogP contribution in [0.4, 0.5) is 0 Å². The van der Waals surface area contributed by atoms with Gasteiger partial charge in [0.15, 0.2) is 0 Å². The van der Waals surface area contributed by atoms with Gasteiger partial charge in [-0.1, -0.05) is 0 Å². The molecule has 0 spiro atoms. The van der Waals surface area contributed by atoms with Gasteiger partial charge in [-0.2, -0.15) is 5.10 Å². The first-order valence-corrected chi connectivity index (χ1v) is 4.96. The van der Waals surface area contributed by atoms with E-state index < -0.39 is 0 Å². The van der Waals surface area contributed by atoms with Gasteiger partial charge in [0.2, 0.25) is 0 Å². The van der Waals surface area contributed by atoms with Crippen molar-refractivity contribution in [1.82, 2.24) is 14.7 Å². The van der Waals surface area contributed by atoms with Gasteiger partial charge in [0.05, 0.1) is 5.69 Å². The molecule has 1 saturated heterocycles. The second-order valence-corrected chi connectivity index (χ2v) is 4.02. The van der Waals surface area contributed by atoms with E-state index in [1.54, 1.807) is 0 Å². The first-order valence-electron chi connectivity index (χ1n) is 4.16. The second-order valence-electron chi connectivity index (χ2n) is 3.21. The minimum atomic E-state index is 0.931. The normalized spacial score (nSPS) is 17.8. The van der Waals surface area contributed by atoms with Gasteiger partial charge in [-0.3, -0.25) is 9.58 Å². The molecule has 66 valence electrons. The third kappa shape index (κ3) is 1.54. The molecule has 1 aromatic rings. The molecule has 1 aliphatic rings. The Bertz CT molecular complexity index is 278. The Morgan fingerprint density at radius 2 is 2.33 bits per heavy atom. The molecule has 1 aliphatic heterocycles. The highest BCUT2D eigenvalue weighted by atomic mass is 79.9. The molecule has 2 rings (SSSR count). The van der Waals surface area contributed by atoms with Gasteiger partial charge in [-0.25, -0.2) is 0 Å². The minimum absolute atomic E-state index is 0.931. The first kappa shape index (κ1) is 8.26. The Labute approximate surface area is 80.5 Å². The smallest absolute Gasteiger partial charge is 0.128 e. The van der Waals surface area contributed by atoms with Crippen LogP contribution in [-0.2, 0) is 13.6 Å². The first-order chi connectivity index (χ1) is 5.75. The molecule has 0 bridgehead atoms. The van der Waals surface area contributed by atoms with E-state index in [9.17, 15) is 0 Å². The van der Waals surface area contributed by atoms with Crippen LogP contribution in [-0.4, -0.2) is 27.8 Å². The molecular weight excluding hydrogens is 218 g/mol. The summed E-state index contributed by atoms with van der Waals surface area (Å²) in [5.41, 5.74) is 1.28. The molecule has 1 aromatic heterocycles. The van der Waals surface area contributed by atoms with E-state index in [2.05, 4.69) is 32.0 Å². The van der Waals surface area contributed by atoms with E-state index in [1.807, 2.05) is 11.7 Å². The second kappa shape index (κ2) is 3.18. The van der Waals surface area contributed by atoms with E-state index in [1.165, 1.54) is 25.2 Å². The van der Waals surface area contributed by atoms with Crippen LogP contribution in [0.25, 0.3) is 0 Å². The Kier molecular flexibility index (Phi) is 2.19. The molecule has 0 saturated carbocycles. The molecule has 0 amide bonds. The number of likely N-dealkylation sites (tertiary alicyclic amines) is 1. The van der Waals surface area contributed by atoms with Crippen molar-refractivity contribution in [2.75, 3.05) is 13.1 Å². The molecule has 0 atom stereocenters. The maximum Gasteiger partial charge on any atom is 0.128 e. The summed E-state index contributed by atoms with van der Waals surface area (Å²) >= 11 is 3.36. The summed E-state index contributed by atoms with van der Waals surface area (Å²) in [5, 5.41) is 4.23. The van der Waals surface area contributed by atoms with Gasteiger partial charge in [0.1, 0.15) is 4.60 Å². The Morgan fingerprint density at radius 3 is 2.75 bits per heavy atom. The van der Waals surface area contributed by atoms with E-state index >= 15 is 0 Å². The lowest BCUT2D eigenvalue weighted by Gasteiger charge is -2.30. The summed E-state index contributed by atoms with van der Waals surface area (Å²) < 4.78 is 2.86. The molecule has 0 radical (unpaired) electrons. The number of aromatic nitrogens is 2. The summed E-state index contributed by atoms with van der Waals surface area (Å²) in [6.07, 6.45) is 1.35. The molecule has 0 unspecified atom stereocenters.